The lowest BCUT2D eigenvalue weighted by atomic mass is 10.1. The second-order valence-electron chi connectivity index (χ2n) is 5.75. The Morgan fingerprint density at radius 1 is 1.09 bits per heavy atom. The molecule has 1 aromatic heterocycles. The standard InChI is InChI=1S/C16H20N4OS/c1-11-14(18-16(22)17-11)15(21)12-3-5-13(6-4-12)20-9-7-19(2)8-10-20/h3-6H,7-10H2,1-2H3,(H2,17,18,22). The number of anilines is 1. The van der Waals surface area contributed by atoms with E-state index in [0.717, 1.165) is 31.9 Å². The van der Waals surface area contributed by atoms with E-state index in [2.05, 4.69) is 26.8 Å². The van der Waals surface area contributed by atoms with Crippen molar-refractivity contribution in [3.05, 3.63) is 46.0 Å². The van der Waals surface area contributed by atoms with Crippen LogP contribution in [-0.4, -0.2) is 53.9 Å². The summed E-state index contributed by atoms with van der Waals surface area (Å²) in [6, 6.07) is 7.82. The molecule has 0 amide bonds. The van der Waals surface area contributed by atoms with Gasteiger partial charge in [-0.3, -0.25) is 4.79 Å². The molecule has 1 aliphatic heterocycles. The number of likely N-dealkylation sites (N-methyl/N-ethyl adjacent to an activating group) is 1. The number of hydrogen-bond acceptors (Lipinski definition) is 4. The molecular formula is C16H20N4OS. The van der Waals surface area contributed by atoms with Crippen molar-refractivity contribution in [1.29, 1.82) is 0 Å². The Hall–Kier alpha value is -1.92. The van der Waals surface area contributed by atoms with Gasteiger partial charge in [-0.2, -0.15) is 0 Å². The van der Waals surface area contributed by atoms with Gasteiger partial charge < -0.3 is 19.8 Å². The van der Waals surface area contributed by atoms with Gasteiger partial charge in [0.05, 0.1) is 0 Å². The molecule has 0 aliphatic carbocycles. The summed E-state index contributed by atoms with van der Waals surface area (Å²) >= 11 is 5.03. The Kier molecular flexibility index (Phi) is 4.13. The first-order chi connectivity index (χ1) is 10.5. The Bertz CT molecular complexity index is 723. The minimum atomic E-state index is -0.0326. The van der Waals surface area contributed by atoms with Crippen molar-refractivity contribution in [3.8, 4) is 0 Å². The first kappa shape index (κ1) is 15.0. The number of nitrogens with zero attached hydrogens (tertiary/aromatic N) is 2. The molecule has 1 fully saturated rings. The first-order valence-corrected chi connectivity index (χ1v) is 7.82. The lowest BCUT2D eigenvalue weighted by Gasteiger charge is -2.34. The zero-order valence-electron chi connectivity index (χ0n) is 12.8. The number of benzene rings is 1. The lowest BCUT2D eigenvalue weighted by molar-refractivity contribution is 0.103. The van der Waals surface area contributed by atoms with Gasteiger partial charge in [-0.05, 0) is 50.5 Å². The van der Waals surface area contributed by atoms with Crippen LogP contribution in [-0.2, 0) is 0 Å². The molecule has 6 heteroatoms. The molecule has 3 rings (SSSR count). The van der Waals surface area contributed by atoms with Crippen LogP contribution in [0.1, 0.15) is 21.7 Å². The van der Waals surface area contributed by atoms with Crippen LogP contribution in [0.25, 0.3) is 0 Å². The molecule has 0 spiro atoms. The zero-order chi connectivity index (χ0) is 15.7. The highest BCUT2D eigenvalue weighted by molar-refractivity contribution is 7.71. The van der Waals surface area contributed by atoms with Gasteiger partial charge in [0.25, 0.3) is 0 Å². The number of aryl methyl sites for hydroxylation is 1. The molecule has 1 saturated heterocycles. The van der Waals surface area contributed by atoms with E-state index < -0.39 is 0 Å². The van der Waals surface area contributed by atoms with Crippen LogP contribution in [0.4, 0.5) is 5.69 Å². The fourth-order valence-corrected chi connectivity index (χ4v) is 2.99. The SMILES string of the molecule is Cc1[nH]c(=S)[nH]c1C(=O)c1ccc(N2CCN(C)CC2)cc1. The van der Waals surface area contributed by atoms with Crippen LogP contribution in [0.2, 0.25) is 0 Å². The number of imidazole rings is 1. The normalized spacial score (nSPS) is 16.0. The molecule has 1 aromatic carbocycles. The number of nitrogens with one attached hydrogen (secondary N) is 2. The largest absolute Gasteiger partial charge is 0.369 e. The van der Waals surface area contributed by atoms with Gasteiger partial charge in [0.15, 0.2) is 4.77 Å². The van der Waals surface area contributed by atoms with Crippen molar-refractivity contribution in [3.63, 3.8) is 0 Å². The Morgan fingerprint density at radius 2 is 1.73 bits per heavy atom. The average molecular weight is 316 g/mol. The molecule has 2 N–H and O–H groups in total. The summed E-state index contributed by atoms with van der Waals surface area (Å²) in [5.41, 5.74) is 3.16. The van der Waals surface area contributed by atoms with Crippen LogP contribution >= 0.6 is 12.2 Å². The van der Waals surface area contributed by atoms with Crippen molar-refractivity contribution in [1.82, 2.24) is 14.9 Å². The van der Waals surface area contributed by atoms with Crippen LogP contribution in [0.15, 0.2) is 24.3 Å². The van der Waals surface area contributed by atoms with Crippen molar-refractivity contribution < 1.29 is 4.79 Å². The van der Waals surface area contributed by atoms with Gasteiger partial charge in [0.2, 0.25) is 5.78 Å². The molecular weight excluding hydrogens is 296 g/mol. The van der Waals surface area contributed by atoms with E-state index in [1.54, 1.807) is 0 Å². The van der Waals surface area contributed by atoms with E-state index in [4.69, 9.17) is 12.2 Å². The van der Waals surface area contributed by atoms with Gasteiger partial charge in [-0.1, -0.05) is 0 Å². The molecule has 0 bridgehead atoms. The van der Waals surface area contributed by atoms with Crippen LogP contribution in [0.5, 0.6) is 0 Å². The van der Waals surface area contributed by atoms with Crippen molar-refractivity contribution in [2.24, 2.45) is 0 Å². The maximum Gasteiger partial charge on any atom is 0.211 e. The smallest absolute Gasteiger partial charge is 0.211 e. The minimum Gasteiger partial charge on any atom is -0.369 e. The van der Waals surface area contributed by atoms with Crippen LogP contribution in [0, 0.1) is 11.7 Å². The number of aromatic nitrogens is 2. The predicted octanol–water partition coefficient (Wildman–Crippen LogP) is 2.36. The van der Waals surface area contributed by atoms with Gasteiger partial charge in [-0.15, -0.1) is 0 Å². The molecule has 1 aliphatic rings. The van der Waals surface area contributed by atoms with Gasteiger partial charge in [0, 0.05) is 43.1 Å². The monoisotopic (exact) mass is 316 g/mol. The van der Waals surface area contributed by atoms with E-state index in [-0.39, 0.29) is 5.78 Å². The maximum atomic E-state index is 12.5. The summed E-state index contributed by atoms with van der Waals surface area (Å²) in [5.74, 6) is -0.0326. The third kappa shape index (κ3) is 2.98. The average Bonchev–Trinajstić information content (AvgIpc) is 2.86. The molecule has 116 valence electrons. The first-order valence-electron chi connectivity index (χ1n) is 7.42. The third-order valence-corrected chi connectivity index (χ3v) is 4.34. The highest BCUT2D eigenvalue weighted by Gasteiger charge is 2.16. The third-order valence-electron chi connectivity index (χ3n) is 4.14. The lowest BCUT2D eigenvalue weighted by Crippen LogP contribution is -2.44. The van der Waals surface area contributed by atoms with Crippen molar-refractivity contribution in [2.45, 2.75) is 6.92 Å². The fourth-order valence-electron chi connectivity index (χ4n) is 2.73. The maximum absolute atomic E-state index is 12.5. The second kappa shape index (κ2) is 6.06. The number of H-pyrrole nitrogens is 2. The number of rotatable bonds is 3. The van der Waals surface area contributed by atoms with E-state index in [1.165, 1.54) is 5.69 Å². The van der Waals surface area contributed by atoms with Gasteiger partial charge in [-0.25, -0.2) is 0 Å². The molecule has 5 nitrogen and oxygen atoms in total. The van der Waals surface area contributed by atoms with Crippen molar-refractivity contribution >= 4 is 23.7 Å². The highest BCUT2D eigenvalue weighted by Crippen LogP contribution is 2.19. The zero-order valence-corrected chi connectivity index (χ0v) is 13.7. The number of carbonyl (C=O) groups is 1. The molecule has 0 atom stereocenters. The minimum absolute atomic E-state index is 0.0326. The van der Waals surface area contributed by atoms with E-state index >= 15 is 0 Å². The summed E-state index contributed by atoms with van der Waals surface area (Å²) in [5, 5.41) is 0. The topological polar surface area (TPSA) is 55.1 Å². The summed E-state index contributed by atoms with van der Waals surface area (Å²) < 4.78 is 0.481. The number of carbonyl (C=O) groups excluding carboxylic acids is 1. The molecule has 22 heavy (non-hydrogen) atoms. The van der Waals surface area contributed by atoms with Crippen molar-refractivity contribution in [2.75, 3.05) is 38.1 Å². The Balaban J connectivity index is 1.78. The molecule has 2 aromatic rings. The summed E-state index contributed by atoms with van der Waals surface area (Å²) in [4.78, 5) is 23.0. The van der Waals surface area contributed by atoms with E-state index in [0.29, 0.717) is 16.0 Å². The summed E-state index contributed by atoms with van der Waals surface area (Å²) in [6.07, 6.45) is 0. The molecule has 2 heterocycles. The Labute approximate surface area is 135 Å². The Morgan fingerprint density at radius 3 is 2.27 bits per heavy atom. The predicted molar refractivity (Wildman–Crippen MR) is 90.3 cm³/mol. The molecule has 0 radical (unpaired) electrons. The fraction of sp³-hybridized carbons (Fsp3) is 0.375. The van der Waals surface area contributed by atoms with E-state index in [1.807, 2.05) is 31.2 Å². The molecule has 0 unspecified atom stereocenters. The van der Waals surface area contributed by atoms with Crippen LogP contribution < -0.4 is 4.90 Å². The second-order valence-corrected chi connectivity index (χ2v) is 6.15. The van der Waals surface area contributed by atoms with Gasteiger partial charge in [0.1, 0.15) is 5.69 Å². The van der Waals surface area contributed by atoms with E-state index in [9.17, 15) is 4.79 Å². The number of ketones is 1. The quantitative estimate of drug-likeness (QED) is 0.674. The number of piperazine rings is 1. The highest BCUT2D eigenvalue weighted by atomic mass is 32.1. The van der Waals surface area contributed by atoms with Crippen LogP contribution in [0.3, 0.4) is 0 Å². The number of aromatic amines is 2. The van der Waals surface area contributed by atoms with Gasteiger partial charge >= 0.3 is 0 Å². The number of hydrogen-bond donors (Lipinski definition) is 2. The summed E-state index contributed by atoms with van der Waals surface area (Å²) in [7, 11) is 2.14. The summed E-state index contributed by atoms with van der Waals surface area (Å²) in [6.45, 7) is 6.03. The molecule has 0 saturated carbocycles.